The van der Waals surface area contributed by atoms with E-state index in [-0.39, 0.29) is 5.41 Å². The van der Waals surface area contributed by atoms with Gasteiger partial charge in [0.2, 0.25) is 0 Å². The molecule has 5 heteroatoms. The van der Waals surface area contributed by atoms with Crippen LogP contribution in [-0.4, -0.2) is 10.8 Å². The number of nitrogens with zero attached hydrogens (tertiary/aromatic N) is 1. The van der Waals surface area contributed by atoms with Crippen LogP contribution in [0.3, 0.4) is 0 Å². The summed E-state index contributed by atoms with van der Waals surface area (Å²) in [5.74, 6) is 2.25. The van der Waals surface area contributed by atoms with E-state index in [0.29, 0.717) is 29.6 Å². The minimum Gasteiger partial charge on any atom is -0.423 e. The van der Waals surface area contributed by atoms with Crippen molar-refractivity contribution in [2.45, 2.75) is 51.4 Å². The minimum absolute atomic E-state index is 0.0710. The van der Waals surface area contributed by atoms with Gasteiger partial charge in [0.25, 0.3) is 6.01 Å². The van der Waals surface area contributed by atoms with Crippen LogP contribution in [0.15, 0.2) is 45.3 Å². The Morgan fingerprint density at radius 2 is 1.97 bits per heavy atom. The van der Waals surface area contributed by atoms with Gasteiger partial charge in [-0.2, -0.15) is 4.98 Å². The van der Waals surface area contributed by atoms with E-state index >= 15 is 0 Å². The summed E-state index contributed by atoms with van der Waals surface area (Å²) in [6, 6.07) is 13.0. The molecule has 1 heterocycles. The van der Waals surface area contributed by atoms with Crippen LogP contribution in [-0.2, 0) is 11.2 Å². The van der Waals surface area contributed by atoms with Crippen molar-refractivity contribution in [3.05, 3.63) is 52.0 Å². The lowest BCUT2D eigenvalue weighted by atomic mass is 9.55. The van der Waals surface area contributed by atoms with Gasteiger partial charge in [0.1, 0.15) is 11.3 Å². The van der Waals surface area contributed by atoms with Gasteiger partial charge in [-0.05, 0) is 97.4 Å². The van der Waals surface area contributed by atoms with Crippen molar-refractivity contribution in [3.63, 3.8) is 0 Å². The SMILES string of the molecule is C[C@]12CC[C@@H]3c4cc5nc(Nc6ccc(Br)cc6)oc5cc4CC[C@H]3[C@@H]1CCC2=O. The minimum atomic E-state index is -0.0710. The summed E-state index contributed by atoms with van der Waals surface area (Å²) >= 11 is 3.46. The van der Waals surface area contributed by atoms with Crippen LogP contribution in [0.2, 0.25) is 0 Å². The first-order valence-electron chi connectivity index (χ1n) is 11.0. The average Bonchev–Trinajstić information content (AvgIpc) is 3.27. The Morgan fingerprint density at radius 3 is 2.80 bits per heavy atom. The van der Waals surface area contributed by atoms with Crippen LogP contribution in [0.25, 0.3) is 11.1 Å². The summed E-state index contributed by atoms with van der Waals surface area (Å²) < 4.78 is 7.07. The molecule has 2 fully saturated rings. The Morgan fingerprint density at radius 1 is 1.13 bits per heavy atom. The van der Waals surface area contributed by atoms with E-state index < -0.39 is 0 Å². The van der Waals surface area contributed by atoms with Crippen LogP contribution in [0, 0.1) is 17.3 Å². The molecule has 3 aliphatic carbocycles. The number of halogens is 1. The number of carbonyl (C=O) groups is 1. The zero-order valence-corrected chi connectivity index (χ0v) is 18.7. The largest absolute Gasteiger partial charge is 0.423 e. The van der Waals surface area contributed by atoms with Gasteiger partial charge in [-0.15, -0.1) is 0 Å². The highest BCUT2D eigenvalue weighted by Gasteiger charge is 2.54. The highest BCUT2D eigenvalue weighted by Crippen LogP contribution is 2.59. The molecule has 3 aliphatic rings. The summed E-state index contributed by atoms with van der Waals surface area (Å²) in [5.41, 5.74) is 5.50. The average molecular weight is 465 g/mol. The van der Waals surface area contributed by atoms with Crippen molar-refractivity contribution in [1.82, 2.24) is 4.98 Å². The van der Waals surface area contributed by atoms with E-state index in [1.165, 1.54) is 17.5 Å². The van der Waals surface area contributed by atoms with Gasteiger partial charge in [-0.3, -0.25) is 4.79 Å². The quantitative estimate of drug-likeness (QED) is 0.454. The smallest absolute Gasteiger partial charge is 0.300 e. The molecule has 0 bridgehead atoms. The predicted molar refractivity (Wildman–Crippen MR) is 121 cm³/mol. The van der Waals surface area contributed by atoms with E-state index in [1.54, 1.807) is 0 Å². The van der Waals surface area contributed by atoms with Crippen LogP contribution >= 0.6 is 15.9 Å². The summed E-state index contributed by atoms with van der Waals surface area (Å²) in [7, 11) is 0. The molecule has 30 heavy (non-hydrogen) atoms. The number of nitrogens with one attached hydrogen (secondary N) is 1. The molecule has 3 aromatic rings. The lowest BCUT2D eigenvalue weighted by molar-refractivity contribution is -0.129. The molecule has 154 valence electrons. The first kappa shape index (κ1) is 18.6. The molecule has 0 spiro atoms. The normalized spacial score (nSPS) is 30.1. The molecule has 0 amide bonds. The second-order valence-electron chi connectivity index (χ2n) is 9.50. The van der Waals surface area contributed by atoms with Crippen LogP contribution in [0.1, 0.15) is 56.1 Å². The fourth-order valence-corrected chi connectivity index (χ4v) is 6.74. The van der Waals surface area contributed by atoms with Crippen molar-refractivity contribution >= 4 is 44.5 Å². The number of rotatable bonds is 2. The fourth-order valence-electron chi connectivity index (χ4n) is 6.47. The zero-order valence-electron chi connectivity index (χ0n) is 17.1. The van der Waals surface area contributed by atoms with Crippen LogP contribution in [0.4, 0.5) is 11.7 Å². The third-order valence-electron chi connectivity index (χ3n) is 8.04. The maximum Gasteiger partial charge on any atom is 0.300 e. The van der Waals surface area contributed by atoms with E-state index in [0.717, 1.165) is 53.4 Å². The molecule has 4 nitrogen and oxygen atoms in total. The summed E-state index contributed by atoms with van der Waals surface area (Å²) in [6.07, 6.45) is 6.27. The van der Waals surface area contributed by atoms with Crippen LogP contribution < -0.4 is 5.32 Å². The predicted octanol–water partition coefficient (Wildman–Crippen LogP) is 6.76. The lowest BCUT2D eigenvalue weighted by Gasteiger charge is -2.48. The number of aromatic nitrogens is 1. The third-order valence-corrected chi connectivity index (χ3v) is 8.57. The van der Waals surface area contributed by atoms with Crippen molar-refractivity contribution in [2.24, 2.45) is 17.3 Å². The number of hydrogen-bond donors (Lipinski definition) is 1. The monoisotopic (exact) mass is 464 g/mol. The number of carbonyl (C=O) groups excluding carboxylic acids is 1. The van der Waals surface area contributed by atoms with Gasteiger partial charge in [0.15, 0.2) is 5.58 Å². The Balaban J connectivity index is 1.33. The highest BCUT2D eigenvalue weighted by atomic mass is 79.9. The topological polar surface area (TPSA) is 55.1 Å². The Bertz CT molecular complexity index is 1150. The van der Waals surface area contributed by atoms with Crippen molar-refractivity contribution in [3.8, 4) is 0 Å². The molecule has 0 saturated heterocycles. The molecule has 2 aromatic carbocycles. The number of anilines is 2. The Kier molecular flexibility index (Phi) is 4.14. The lowest BCUT2D eigenvalue weighted by Crippen LogP contribution is -2.42. The number of Topliss-reactive ketones (excluding diaryl/α,β-unsaturated/α-hetero) is 1. The van der Waals surface area contributed by atoms with Crippen molar-refractivity contribution in [1.29, 1.82) is 0 Å². The van der Waals surface area contributed by atoms with Gasteiger partial charge in [-0.25, -0.2) is 0 Å². The summed E-state index contributed by atoms with van der Waals surface area (Å²) in [4.78, 5) is 17.3. The summed E-state index contributed by atoms with van der Waals surface area (Å²) in [5, 5.41) is 3.27. The van der Waals surface area contributed by atoms with Crippen molar-refractivity contribution < 1.29 is 9.21 Å². The van der Waals surface area contributed by atoms with E-state index in [9.17, 15) is 4.79 Å². The number of fused-ring (bicyclic) bond motifs is 6. The van der Waals surface area contributed by atoms with E-state index in [2.05, 4.69) is 40.3 Å². The molecule has 2 saturated carbocycles. The maximum atomic E-state index is 12.6. The molecule has 0 unspecified atom stereocenters. The van der Waals surface area contributed by atoms with Crippen molar-refractivity contribution in [2.75, 3.05) is 5.32 Å². The first-order valence-corrected chi connectivity index (χ1v) is 11.8. The molecule has 4 atom stereocenters. The van der Waals surface area contributed by atoms with Gasteiger partial charge in [-0.1, -0.05) is 22.9 Å². The molecule has 6 rings (SSSR count). The van der Waals surface area contributed by atoms with E-state index in [1.807, 2.05) is 24.3 Å². The number of aryl methyl sites for hydroxylation is 1. The number of hydrogen-bond acceptors (Lipinski definition) is 4. The standard InChI is InChI=1S/C25H25BrN2O2/c1-25-11-10-17-18(20(25)8-9-23(25)29)7-2-14-12-22-21(13-19(14)17)28-24(30-22)27-16-5-3-15(26)4-6-16/h3-6,12-13,17-18,20H,2,7-11H2,1H3,(H,27,28)/t17-,18+,20-,25-/m0/s1. The second kappa shape index (κ2) is 6.68. The molecule has 0 aliphatic heterocycles. The molecule has 1 N–H and O–H groups in total. The second-order valence-corrected chi connectivity index (χ2v) is 10.4. The number of benzene rings is 2. The Labute approximate surface area is 184 Å². The van der Waals surface area contributed by atoms with Gasteiger partial charge >= 0.3 is 0 Å². The van der Waals surface area contributed by atoms with Gasteiger partial charge < -0.3 is 9.73 Å². The number of ketones is 1. The molecular formula is C25H25BrN2O2. The molecule has 0 radical (unpaired) electrons. The van der Waals surface area contributed by atoms with Crippen LogP contribution in [0.5, 0.6) is 0 Å². The highest BCUT2D eigenvalue weighted by molar-refractivity contribution is 9.10. The fraction of sp³-hybridized carbons (Fsp3) is 0.440. The maximum absolute atomic E-state index is 12.6. The third kappa shape index (κ3) is 2.78. The number of oxazole rings is 1. The van der Waals surface area contributed by atoms with Gasteiger partial charge in [0, 0.05) is 22.0 Å². The Hall–Kier alpha value is -2.14. The first-order chi connectivity index (χ1) is 14.5. The van der Waals surface area contributed by atoms with Gasteiger partial charge in [0.05, 0.1) is 0 Å². The molecule has 1 aromatic heterocycles. The van der Waals surface area contributed by atoms with E-state index in [4.69, 9.17) is 9.40 Å². The zero-order chi connectivity index (χ0) is 20.5. The molecular weight excluding hydrogens is 440 g/mol. The summed E-state index contributed by atoms with van der Waals surface area (Å²) in [6.45, 7) is 2.24.